The van der Waals surface area contributed by atoms with Crippen molar-refractivity contribution in [3.63, 3.8) is 0 Å². The average Bonchev–Trinajstić information content (AvgIpc) is 3.13. The van der Waals surface area contributed by atoms with E-state index in [1.165, 1.54) is 4.90 Å². The van der Waals surface area contributed by atoms with Gasteiger partial charge in [-0.3, -0.25) is 28.9 Å². The second-order valence-electron chi connectivity index (χ2n) is 10.4. The molecule has 0 radical (unpaired) electrons. The quantitative estimate of drug-likeness (QED) is 0.154. The van der Waals surface area contributed by atoms with Crippen LogP contribution < -0.4 is 26.6 Å². The summed E-state index contributed by atoms with van der Waals surface area (Å²) in [6.07, 6.45) is 2.43. The van der Waals surface area contributed by atoms with Crippen molar-refractivity contribution in [1.29, 1.82) is 0 Å². The van der Waals surface area contributed by atoms with Crippen LogP contribution in [0.2, 0.25) is 0 Å². The molecule has 0 spiro atoms. The highest BCUT2D eigenvalue weighted by atomic mass is 16.2. The Morgan fingerprint density at radius 1 is 0.816 bits per heavy atom. The molecule has 0 aliphatic carbocycles. The second kappa shape index (κ2) is 17.2. The van der Waals surface area contributed by atoms with E-state index in [9.17, 15) is 24.0 Å². The minimum Gasteiger partial charge on any atom is -0.389 e. The molecule has 1 fully saturated rings. The fourth-order valence-corrected chi connectivity index (χ4v) is 3.72. The van der Waals surface area contributed by atoms with Crippen molar-refractivity contribution in [1.82, 2.24) is 31.5 Å². The molecule has 1 aliphatic rings. The third kappa shape index (κ3) is 13.3. The number of imide groups is 1. The lowest BCUT2D eigenvalue weighted by molar-refractivity contribution is -0.140. The van der Waals surface area contributed by atoms with Crippen molar-refractivity contribution < 1.29 is 24.0 Å². The molecule has 1 heterocycles. The van der Waals surface area contributed by atoms with Gasteiger partial charge in [0.25, 0.3) is 0 Å². The van der Waals surface area contributed by atoms with E-state index in [-0.39, 0.29) is 74.5 Å². The van der Waals surface area contributed by atoms with E-state index < -0.39 is 5.91 Å². The normalized spacial score (nSPS) is 15.0. The Balaban J connectivity index is 2.11. The predicted molar refractivity (Wildman–Crippen MR) is 146 cm³/mol. The molecule has 1 saturated heterocycles. The van der Waals surface area contributed by atoms with Crippen molar-refractivity contribution in [2.45, 2.75) is 59.8 Å². The number of carbonyl (C=O) groups excluding carboxylic acids is 5. The van der Waals surface area contributed by atoms with E-state index in [0.717, 1.165) is 25.1 Å². The lowest BCUT2D eigenvalue weighted by Gasteiger charge is -2.16. The minimum atomic E-state index is -0.501. The number of amides is 5. The van der Waals surface area contributed by atoms with Gasteiger partial charge in [-0.1, -0.05) is 40.9 Å². The van der Waals surface area contributed by atoms with E-state index in [4.69, 9.17) is 0 Å². The number of hydrogen-bond donors (Lipinski definition) is 5. The number of nitrogens with one attached hydrogen (secondary N) is 5. The first-order valence-electron chi connectivity index (χ1n) is 13.4. The molecule has 1 rings (SSSR count). The van der Waals surface area contributed by atoms with Crippen LogP contribution in [-0.2, 0) is 24.0 Å². The molecule has 0 aromatic carbocycles. The number of rotatable bonds is 19. The summed E-state index contributed by atoms with van der Waals surface area (Å²) in [4.78, 5) is 61.4. The average molecular weight is 535 g/mol. The molecule has 0 bridgehead atoms. The zero-order chi connectivity index (χ0) is 28.7. The Labute approximate surface area is 226 Å². The standard InChI is InChI=1S/C27H46N6O5/c1-18(2)9-11-28-20(5)10-12-29-21(6)15-30-24(35)17-32-25(36)16-31-23(34)8-7-13-33-26(37)14-22(19(3)4)27(33)38/h18-19,22,28-29H,5-17H2,1-4H3,(H,30,35)(H,31,34)(H,32,36). The molecule has 11 nitrogen and oxygen atoms in total. The molecule has 0 aromatic rings. The molecule has 38 heavy (non-hydrogen) atoms. The molecule has 1 aliphatic heterocycles. The van der Waals surface area contributed by atoms with Crippen LogP contribution in [0.15, 0.2) is 24.6 Å². The highest BCUT2D eigenvalue weighted by Crippen LogP contribution is 2.26. The lowest BCUT2D eigenvalue weighted by Crippen LogP contribution is -2.42. The molecule has 0 saturated carbocycles. The van der Waals surface area contributed by atoms with Gasteiger partial charge >= 0.3 is 0 Å². The van der Waals surface area contributed by atoms with E-state index in [2.05, 4.69) is 53.6 Å². The maximum atomic E-state index is 12.3. The number of carbonyl (C=O) groups is 5. The van der Waals surface area contributed by atoms with Gasteiger partial charge in [0.1, 0.15) is 0 Å². The van der Waals surface area contributed by atoms with Gasteiger partial charge in [0, 0.05) is 56.2 Å². The summed E-state index contributed by atoms with van der Waals surface area (Å²) >= 11 is 0. The van der Waals surface area contributed by atoms with Gasteiger partial charge in [0.05, 0.1) is 19.6 Å². The van der Waals surface area contributed by atoms with Crippen molar-refractivity contribution in [2.24, 2.45) is 17.8 Å². The third-order valence-corrected chi connectivity index (χ3v) is 6.16. The summed E-state index contributed by atoms with van der Waals surface area (Å²) in [6.45, 7) is 17.5. The Bertz CT molecular complexity index is 870. The van der Waals surface area contributed by atoms with Gasteiger partial charge < -0.3 is 26.6 Å². The predicted octanol–water partition coefficient (Wildman–Crippen LogP) is 0.789. The maximum Gasteiger partial charge on any atom is 0.239 e. The van der Waals surface area contributed by atoms with E-state index in [0.29, 0.717) is 24.6 Å². The fourth-order valence-electron chi connectivity index (χ4n) is 3.72. The number of hydrogen-bond acceptors (Lipinski definition) is 7. The highest BCUT2D eigenvalue weighted by Gasteiger charge is 2.39. The van der Waals surface area contributed by atoms with Gasteiger partial charge in [-0.2, -0.15) is 0 Å². The first-order valence-corrected chi connectivity index (χ1v) is 13.4. The summed E-state index contributed by atoms with van der Waals surface area (Å²) in [6, 6.07) is 0. The van der Waals surface area contributed by atoms with Crippen LogP contribution in [0.3, 0.4) is 0 Å². The number of likely N-dealkylation sites (tertiary alicyclic amines) is 1. The molecule has 214 valence electrons. The zero-order valence-corrected chi connectivity index (χ0v) is 23.4. The lowest BCUT2D eigenvalue weighted by atomic mass is 9.94. The van der Waals surface area contributed by atoms with Crippen LogP contribution >= 0.6 is 0 Å². The number of nitrogens with zero attached hydrogens (tertiary/aromatic N) is 1. The topological polar surface area (TPSA) is 149 Å². The highest BCUT2D eigenvalue weighted by molar-refractivity contribution is 6.03. The monoisotopic (exact) mass is 534 g/mol. The summed E-state index contributed by atoms with van der Waals surface area (Å²) in [5.41, 5.74) is 1.59. The Morgan fingerprint density at radius 2 is 1.39 bits per heavy atom. The largest absolute Gasteiger partial charge is 0.389 e. The van der Waals surface area contributed by atoms with Crippen molar-refractivity contribution in [3.05, 3.63) is 24.6 Å². The van der Waals surface area contributed by atoms with Crippen LogP contribution in [0.4, 0.5) is 0 Å². The van der Waals surface area contributed by atoms with E-state index in [1.807, 2.05) is 13.8 Å². The molecule has 1 atom stereocenters. The van der Waals surface area contributed by atoms with Crippen LogP contribution in [0, 0.1) is 17.8 Å². The van der Waals surface area contributed by atoms with Gasteiger partial charge in [-0.25, -0.2) is 0 Å². The second-order valence-corrected chi connectivity index (χ2v) is 10.4. The van der Waals surface area contributed by atoms with Gasteiger partial charge in [-0.15, -0.1) is 0 Å². The molecular formula is C27H46N6O5. The fraction of sp³-hybridized carbons (Fsp3) is 0.667. The summed E-state index contributed by atoms with van der Waals surface area (Å²) in [7, 11) is 0. The van der Waals surface area contributed by atoms with Crippen molar-refractivity contribution >= 4 is 29.5 Å². The summed E-state index contributed by atoms with van der Waals surface area (Å²) in [5, 5.41) is 14.0. The van der Waals surface area contributed by atoms with Crippen LogP contribution in [0.5, 0.6) is 0 Å². The first-order chi connectivity index (χ1) is 17.9. The van der Waals surface area contributed by atoms with Crippen molar-refractivity contribution in [2.75, 3.05) is 39.3 Å². The van der Waals surface area contributed by atoms with Crippen LogP contribution in [-0.4, -0.2) is 73.7 Å². The Hall–Kier alpha value is -3.37. The molecule has 11 heteroatoms. The van der Waals surface area contributed by atoms with Gasteiger partial charge in [-0.05, 0) is 24.7 Å². The molecular weight excluding hydrogens is 488 g/mol. The Kier molecular flexibility index (Phi) is 14.8. The van der Waals surface area contributed by atoms with Crippen LogP contribution in [0.25, 0.3) is 0 Å². The summed E-state index contributed by atoms with van der Waals surface area (Å²) in [5.74, 6) is -1.21. The Morgan fingerprint density at radius 3 is 1.97 bits per heavy atom. The summed E-state index contributed by atoms with van der Waals surface area (Å²) < 4.78 is 0. The van der Waals surface area contributed by atoms with Crippen molar-refractivity contribution in [3.8, 4) is 0 Å². The maximum absolute atomic E-state index is 12.3. The van der Waals surface area contributed by atoms with E-state index >= 15 is 0 Å². The molecule has 5 N–H and O–H groups in total. The third-order valence-electron chi connectivity index (χ3n) is 6.16. The first kappa shape index (κ1) is 32.7. The molecule has 1 unspecified atom stereocenters. The molecule has 5 amide bonds. The molecule has 0 aromatic heterocycles. The van der Waals surface area contributed by atoms with E-state index in [1.54, 1.807) is 0 Å². The minimum absolute atomic E-state index is 0.0770. The zero-order valence-electron chi connectivity index (χ0n) is 23.4. The smallest absolute Gasteiger partial charge is 0.239 e. The SMILES string of the molecule is C=C(CCNC(=C)CNC(=O)CNC(=O)CNC(=O)CCCN1C(=O)CC(C(C)C)C1=O)NCCC(C)C. The van der Waals surface area contributed by atoms with Gasteiger partial charge in [0.2, 0.25) is 29.5 Å². The van der Waals surface area contributed by atoms with Crippen LogP contribution in [0.1, 0.15) is 59.8 Å². The van der Waals surface area contributed by atoms with Gasteiger partial charge in [0.15, 0.2) is 0 Å².